The number of rotatable bonds is 6. The second-order valence-electron chi connectivity index (χ2n) is 5.37. The molecule has 0 aromatic carbocycles. The highest BCUT2D eigenvalue weighted by Crippen LogP contribution is 2.46. The van der Waals surface area contributed by atoms with Crippen LogP contribution in [-0.4, -0.2) is 0 Å². The Hall–Kier alpha value is 0. The van der Waals surface area contributed by atoms with Gasteiger partial charge in [0.2, 0.25) is 0 Å². The van der Waals surface area contributed by atoms with Gasteiger partial charge in [0.15, 0.2) is 0 Å². The van der Waals surface area contributed by atoms with Crippen LogP contribution >= 0.6 is 0 Å². The lowest BCUT2D eigenvalue weighted by Crippen LogP contribution is -2.03. The molecule has 0 N–H and O–H groups in total. The standard InChI is InChI=1S/C13H26/c1-5-12(13-9-11(13)4)8-6-7-10(2)3/h10-13H,5-9H2,1-4H3. The molecule has 0 aromatic rings. The second-order valence-corrected chi connectivity index (χ2v) is 5.37. The summed E-state index contributed by atoms with van der Waals surface area (Å²) >= 11 is 0. The van der Waals surface area contributed by atoms with Crippen molar-refractivity contribution in [3.05, 3.63) is 0 Å². The van der Waals surface area contributed by atoms with Gasteiger partial charge in [-0.2, -0.15) is 0 Å². The maximum Gasteiger partial charge on any atom is -0.0357 e. The quantitative estimate of drug-likeness (QED) is 0.567. The van der Waals surface area contributed by atoms with Crippen LogP contribution in [0.4, 0.5) is 0 Å². The van der Waals surface area contributed by atoms with Gasteiger partial charge in [-0.1, -0.05) is 53.4 Å². The van der Waals surface area contributed by atoms with Crippen LogP contribution in [0.1, 0.15) is 59.8 Å². The van der Waals surface area contributed by atoms with Gasteiger partial charge in [-0.15, -0.1) is 0 Å². The Kier molecular flexibility index (Phi) is 4.28. The lowest BCUT2D eigenvalue weighted by Gasteiger charge is -2.14. The van der Waals surface area contributed by atoms with Crippen molar-refractivity contribution in [2.45, 2.75) is 59.8 Å². The summed E-state index contributed by atoms with van der Waals surface area (Å²) in [6.45, 7) is 9.45. The lowest BCUT2D eigenvalue weighted by molar-refractivity contribution is 0.369. The van der Waals surface area contributed by atoms with Gasteiger partial charge >= 0.3 is 0 Å². The van der Waals surface area contributed by atoms with E-state index in [1.54, 1.807) is 0 Å². The Balaban J connectivity index is 2.10. The van der Waals surface area contributed by atoms with Gasteiger partial charge in [0, 0.05) is 0 Å². The SMILES string of the molecule is CCC(CCCC(C)C)C1CC1C. The van der Waals surface area contributed by atoms with Crippen molar-refractivity contribution in [2.24, 2.45) is 23.7 Å². The molecule has 0 nitrogen and oxygen atoms in total. The van der Waals surface area contributed by atoms with Crippen molar-refractivity contribution in [2.75, 3.05) is 0 Å². The highest BCUT2D eigenvalue weighted by Gasteiger charge is 2.37. The van der Waals surface area contributed by atoms with Gasteiger partial charge in [-0.05, 0) is 30.1 Å². The monoisotopic (exact) mass is 182 g/mol. The minimum absolute atomic E-state index is 0.897. The minimum atomic E-state index is 0.897. The van der Waals surface area contributed by atoms with Crippen molar-refractivity contribution in [1.82, 2.24) is 0 Å². The average Bonchev–Trinajstić information content (AvgIpc) is 2.76. The van der Waals surface area contributed by atoms with Crippen LogP contribution in [0, 0.1) is 23.7 Å². The van der Waals surface area contributed by atoms with Crippen molar-refractivity contribution in [3.63, 3.8) is 0 Å². The van der Waals surface area contributed by atoms with Crippen molar-refractivity contribution in [3.8, 4) is 0 Å². The van der Waals surface area contributed by atoms with E-state index in [4.69, 9.17) is 0 Å². The van der Waals surface area contributed by atoms with E-state index >= 15 is 0 Å². The van der Waals surface area contributed by atoms with Gasteiger partial charge in [0.05, 0.1) is 0 Å². The van der Waals surface area contributed by atoms with E-state index < -0.39 is 0 Å². The first-order valence-corrected chi connectivity index (χ1v) is 6.15. The Labute approximate surface area is 84.1 Å². The zero-order valence-electron chi connectivity index (χ0n) is 9.84. The van der Waals surface area contributed by atoms with Crippen LogP contribution in [0.5, 0.6) is 0 Å². The molecule has 0 aliphatic heterocycles. The molecule has 1 aliphatic rings. The van der Waals surface area contributed by atoms with Gasteiger partial charge in [-0.25, -0.2) is 0 Å². The third kappa shape index (κ3) is 3.70. The van der Waals surface area contributed by atoms with Crippen LogP contribution < -0.4 is 0 Å². The van der Waals surface area contributed by atoms with Crippen LogP contribution in [0.15, 0.2) is 0 Å². The van der Waals surface area contributed by atoms with E-state index in [2.05, 4.69) is 27.7 Å². The molecule has 13 heavy (non-hydrogen) atoms. The highest BCUT2D eigenvalue weighted by atomic mass is 14.4. The molecular formula is C13H26. The van der Waals surface area contributed by atoms with E-state index in [1.165, 1.54) is 32.1 Å². The first kappa shape index (κ1) is 11.1. The van der Waals surface area contributed by atoms with Gasteiger partial charge in [0.1, 0.15) is 0 Å². The summed E-state index contributed by atoms with van der Waals surface area (Å²) in [6.07, 6.45) is 7.30. The second kappa shape index (κ2) is 5.02. The van der Waals surface area contributed by atoms with Gasteiger partial charge < -0.3 is 0 Å². The van der Waals surface area contributed by atoms with Crippen LogP contribution in [0.2, 0.25) is 0 Å². The summed E-state index contributed by atoms with van der Waals surface area (Å²) in [5, 5.41) is 0. The van der Waals surface area contributed by atoms with Crippen molar-refractivity contribution in [1.29, 1.82) is 0 Å². The summed E-state index contributed by atoms with van der Waals surface area (Å²) in [7, 11) is 0. The molecule has 1 saturated carbocycles. The Bertz CT molecular complexity index is 137. The van der Waals surface area contributed by atoms with Crippen molar-refractivity contribution < 1.29 is 0 Å². The lowest BCUT2D eigenvalue weighted by atomic mass is 9.91. The Morgan fingerprint density at radius 2 is 1.85 bits per heavy atom. The Morgan fingerprint density at radius 3 is 2.23 bits per heavy atom. The fourth-order valence-electron chi connectivity index (χ4n) is 2.52. The molecule has 78 valence electrons. The van der Waals surface area contributed by atoms with Crippen LogP contribution in [0.3, 0.4) is 0 Å². The predicted octanol–water partition coefficient (Wildman–Crippen LogP) is 4.49. The summed E-state index contributed by atoms with van der Waals surface area (Å²) in [4.78, 5) is 0. The molecular weight excluding hydrogens is 156 g/mol. The first-order chi connectivity index (χ1) is 6.15. The molecule has 0 radical (unpaired) electrons. The third-order valence-electron chi connectivity index (χ3n) is 3.66. The molecule has 0 heteroatoms. The molecule has 1 fully saturated rings. The first-order valence-electron chi connectivity index (χ1n) is 6.15. The topological polar surface area (TPSA) is 0 Å². The van der Waals surface area contributed by atoms with Crippen molar-refractivity contribution >= 4 is 0 Å². The van der Waals surface area contributed by atoms with Crippen LogP contribution in [-0.2, 0) is 0 Å². The maximum atomic E-state index is 2.41. The van der Waals surface area contributed by atoms with Gasteiger partial charge in [0.25, 0.3) is 0 Å². The smallest absolute Gasteiger partial charge is 0.0357 e. The van der Waals surface area contributed by atoms with E-state index in [9.17, 15) is 0 Å². The molecule has 0 saturated heterocycles. The molecule has 0 amide bonds. The summed E-state index contributed by atoms with van der Waals surface area (Å²) in [5.41, 5.74) is 0. The van der Waals surface area contributed by atoms with E-state index in [0.717, 1.165) is 23.7 Å². The largest absolute Gasteiger partial charge is 0.0651 e. The zero-order chi connectivity index (χ0) is 9.84. The number of hydrogen-bond acceptors (Lipinski definition) is 0. The molecule has 1 rings (SSSR count). The molecule has 0 heterocycles. The zero-order valence-corrected chi connectivity index (χ0v) is 9.84. The average molecular weight is 182 g/mol. The fraction of sp³-hybridized carbons (Fsp3) is 1.00. The van der Waals surface area contributed by atoms with Crippen LogP contribution in [0.25, 0.3) is 0 Å². The molecule has 0 aromatic heterocycles. The predicted molar refractivity (Wildman–Crippen MR) is 59.7 cm³/mol. The molecule has 3 atom stereocenters. The molecule has 0 bridgehead atoms. The van der Waals surface area contributed by atoms with E-state index in [1.807, 2.05) is 0 Å². The highest BCUT2D eigenvalue weighted by molar-refractivity contribution is 4.87. The normalized spacial score (nSPS) is 29.3. The summed E-state index contributed by atoms with van der Waals surface area (Å²) < 4.78 is 0. The number of hydrogen-bond donors (Lipinski definition) is 0. The third-order valence-corrected chi connectivity index (χ3v) is 3.66. The Morgan fingerprint density at radius 1 is 1.23 bits per heavy atom. The summed E-state index contributed by atoms with van der Waals surface area (Å²) in [6, 6.07) is 0. The molecule has 3 unspecified atom stereocenters. The van der Waals surface area contributed by atoms with E-state index in [-0.39, 0.29) is 0 Å². The molecule has 1 aliphatic carbocycles. The summed E-state index contributed by atoms with van der Waals surface area (Å²) in [5.74, 6) is 4.09. The molecule has 0 spiro atoms. The maximum absolute atomic E-state index is 2.41. The van der Waals surface area contributed by atoms with E-state index in [0.29, 0.717) is 0 Å². The minimum Gasteiger partial charge on any atom is -0.0651 e. The fourth-order valence-corrected chi connectivity index (χ4v) is 2.52. The van der Waals surface area contributed by atoms with Gasteiger partial charge in [-0.3, -0.25) is 0 Å².